The molecule has 19 heavy (non-hydrogen) atoms. The van der Waals surface area contributed by atoms with E-state index >= 15 is 0 Å². The van der Waals surface area contributed by atoms with Gasteiger partial charge in [0.15, 0.2) is 0 Å². The van der Waals surface area contributed by atoms with Crippen LogP contribution in [0.4, 0.5) is 5.69 Å². The van der Waals surface area contributed by atoms with Crippen molar-refractivity contribution in [3.63, 3.8) is 0 Å². The smallest absolute Gasteiger partial charge is 0.0642 e. The SMILES string of the molecule is CN(Cc1cnn(C)c1)c1c(Cl)cccc1CCN. The molecule has 2 N–H and O–H groups in total. The van der Waals surface area contributed by atoms with Crippen molar-refractivity contribution in [2.75, 3.05) is 18.5 Å². The molecule has 0 saturated carbocycles. The zero-order valence-corrected chi connectivity index (χ0v) is 12.1. The molecule has 0 aliphatic rings. The third-order valence-corrected chi connectivity index (χ3v) is 3.35. The average Bonchev–Trinajstić information content (AvgIpc) is 2.75. The van der Waals surface area contributed by atoms with E-state index in [2.05, 4.69) is 16.1 Å². The molecule has 102 valence electrons. The molecule has 2 aromatic rings. The quantitative estimate of drug-likeness (QED) is 0.912. The molecule has 0 unspecified atom stereocenters. The van der Waals surface area contributed by atoms with Crippen LogP contribution in [0.15, 0.2) is 30.6 Å². The van der Waals surface area contributed by atoms with Gasteiger partial charge in [-0.05, 0) is 24.6 Å². The van der Waals surface area contributed by atoms with E-state index < -0.39 is 0 Å². The number of benzene rings is 1. The van der Waals surface area contributed by atoms with Gasteiger partial charge in [-0.15, -0.1) is 0 Å². The van der Waals surface area contributed by atoms with Crippen LogP contribution in [0.5, 0.6) is 0 Å². The molecule has 5 heteroatoms. The Balaban J connectivity index is 2.24. The molecule has 1 heterocycles. The van der Waals surface area contributed by atoms with Crippen LogP contribution in [0.1, 0.15) is 11.1 Å². The van der Waals surface area contributed by atoms with Crippen LogP contribution in [0, 0.1) is 0 Å². The summed E-state index contributed by atoms with van der Waals surface area (Å²) in [6.45, 7) is 1.39. The number of aryl methyl sites for hydroxylation is 1. The Morgan fingerprint density at radius 3 is 2.84 bits per heavy atom. The molecular weight excluding hydrogens is 260 g/mol. The molecule has 2 rings (SSSR count). The summed E-state index contributed by atoms with van der Waals surface area (Å²) < 4.78 is 1.80. The maximum atomic E-state index is 6.33. The Morgan fingerprint density at radius 2 is 2.21 bits per heavy atom. The number of nitrogens with two attached hydrogens (primary N) is 1. The summed E-state index contributed by atoms with van der Waals surface area (Å²) in [6.07, 6.45) is 4.71. The van der Waals surface area contributed by atoms with Crippen LogP contribution in [0.25, 0.3) is 0 Å². The second-order valence-electron chi connectivity index (χ2n) is 4.66. The van der Waals surface area contributed by atoms with Crippen LogP contribution < -0.4 is 10.6 Å². The number of hydrogen-bond acceptors (Lipinski definition) is 3. The van der Waals surface area contributed by atoms with E-state index in [9.17, 15) is 0 Å². The normalized spacial score (nSPS) is 10.7. The predicted molar refractivity (Wildman–Crippen MR) is 79.5 cm³/mol. The molecule has 0 aliphatic carbocycles. The Labute approximate surface area is 118 Å². The van der Waals surface area contributed by atoms with Gasteiger partial charge < -0.3 is 10.6 Å². The first kappa shape index (κ1) is 13.9. The Hall–Kier alpha value is -1.52. The number of aromatic nitrogens is 2. The summed E-state index contributed by atoms with van der Waals surface area (Å²) in [6, 6.07) is 5.96. The van der Waals surface area contributed by atoms with Gasteiger partial charge in [-0.3, -0.25) is 4.68 Å². The number of rotatable bonds is 5. The summed E-state index contributed by atoms with van der Waals surface area (Å²) in [4.78, 5) is 2.14. The first-order chi connectivity index (χ1) is 9.11. The van der Waals surface area contributed by atoms with E-state index in [1.807, 2.05) is 38.6 Å². The van der Waals surface area contributed by atoms with Crippen molar-refractivity contribution in [1.82, 2.24) is 9.78 Å². The summed E-state index contributed by atoms with van der Waals surface area (Å²) in [5.41, 5.74) is 9.05. The highest BCUT2D eigenvalue weighted by Crippen LogP contribution is 2.30. The molecule has 1 aromatic carbocycles. The number of nitrogens with zero attached hydrogens (tertiary/aromatic N) is 3. The standard InChI is InChI=1S/C14H19ClN4/c1-18(9-11-8-17-19(2)10-11)14-12(6-7-16)4-3-5-13(14)15/h3-5,8,10H,6-7,9,16H2,1-2H3. The van der Waals surface area contributed by atoms with E-state index in [0.29, 0.717) is 6.54 Å². The van der Waals surface area contributed by atoms with Crippen LogP contribution in [-0.4, -0.2) is 23.4 Å². The molecule has 0 fully saturated rings. The summed E-state index contributed by atoms with van der Waals surface area (Å²) >= 11 is 6.33. The minimum absolute atomic E-state index is 0.619. The van der Waals surface area contributed by atoms with Gasteiger partial charge in [-0.1, -0.05) is 23.7 Å². The van der Waals surface area contributed by atoms with Crippen molar-refractivity contribution >= 4 is 17.3 Å². The van der Waals surface area contributed by atoms with Gasteiger partial charge in [0, 0.05) is 32.4 Å². The fourth-order valence-corrected chi connectivity index (χ4v) is 2.59. The molecule has 0 saturated heterocycles. The lowest BCUT2D eigenvalue weighted by Gasteiger charge is -2.23. The van der Waals surface area contributed by atoms with E-state index in [0.717, 1.165) is 29.2 Å². The summed E-state index contributed by atoms with van der Waals surface area (Å²) in [5.74, 6) is 0. The first-order valence-electron chi connectivity index (χ1n) is 6.28. The van der Waals surface area contributed by atoms with Gasteiger partial charge in [0.1, 0.15) is 0 Å². The molecule has 0 atom stereocenters. The highest BCUT2D eigenvalue weighted by molar-refractivity contribution is 6.33. The van der Waals surface area contributed by atoms with E-state index in [4.69, 9.17) is 17.3 Å². The van der Waals surface area contributed by atoms with Crippen LogP contribution >= 0.6 is 11.6 Å². The first-order valence-corrected chi connectivity index (χ1v) is 6.65. The van der Waals surface area contributed by atoms with E-state index in [1.54, 1.807) is 4.68 Å². The lowest BCUT2D eigenvalue weighted by atomic mass is 10.1. The largest absolute Gasteiger partial charge is 0.369 e. The zero-order valence-electron chi connectivity index (χ0n) is 11.3. The van der Waals surface area contributed by atoms with Crippen LogP contribution in [-0.2, 0) is 20.0 Å². The maximum absolute atomic E-state index is 6.33. The monoisotopic (exact) mass is 278 g/mol. The third kappa shape index (κ3) is 3.28. The maximum Gasteiger partial charge on any atom is 0.0642 e. The fraction of sp³-hybridized carbons (Fsp3) is 0.357. The Morgan fingerprint density at radius 1 is 1.42 bits per heavy atom. The van der Waals surface area contributed by atoms with Gasteiger partial charge >= 0.3 is 0 Å². The molecule has 0 bridgehead atoms. The number of para-hydroxylation sites is 1. The number of halogens is 1. The highest BCUT2D eigenvalue weighted by atomic mass is 35.5. The average molecular weight is 279 g/mol. The van der Waals surface area contributed by atoms with Gasteiger partial charge in [-0.2, -0.15) is 5.10 Å². The lowest BCUT2D eigenvalue weighted by molar-refractivity contribution is 0.766. The van der Waals surface area contributed by atoms with Gasteiger partial charge in [-0.25, -0.2) is 0 Å². The fourth-order valence-electron chi connectivity index (χ4n) is 2.25. The van der Waals surface area contributed by atoms with E-state index in [-0.39, 0.29) is 0 Å². The Kier molecular flexibility index (Phi) is 4.45. The molecule has 0 amide bonds. The Bertz CT molecular complexity index is 550. The molecule has 0 spiro atoms. The van der Waals surface area contributed by atoms with Crippen molar-refractivity contribution in [3.8, 4) is 0 Å². The van der Waals surface area contributed by atoms with E-state index in [1.165, 1.54) is 5.56 Å². The minimum atomic E-state index is 0.619. The van der Waals surface area contributed by atoms with Crippen LogP contribution in [0.2, 0.25) is 5.02 Å². The number of hydrogen-bond donors (Lipinski definition) is 1. The van der Waals surface area contributed by atoms with Gasteiger partial charge in [0.2, 0.25) is 0 Å². The molecule has 0 radical (unpaired) electrons. The van der Waals surface area contributed by atoms with Crippen molar-refractivity contribution < 1.29 is 0 Å². The number of anilines is 1. The zero-order chi connectivity index (χ0) is 13.8. The third-order valence-electron chi connectivity index (χ3n) is 3.04. The predicted octanol–water partition coefficient (Wildman–Crippen LogP) is 2.21. The second-order valence-corrected chi connectivity index (χ2v) is 5.07. The summed E-state index contributed by atoms with van der Waals surface area (Å²) in [7, 11) is 3.95. The summed E-state index contributed by atoms with van der Waals surface area (Å²) in [5, 5.41) is 4.94. The van der Waals surface area contributed by atoms with Gasteiger partial charge in [0.25, 0.3) is 0 Å². The van der Waals surface area contributed by atoms with Crippen molar-refractivity contribution in [3.05, 3.63) is 46.7 Å². The van der Waals surface area contributed by atoms with Crippen molar-refractivity contribution in [2.24, 2.45) is 12.8 Å². The molecular formula is C14H19ClN4. The topological polar surface area (TPSA) is 47.1 Å². The second kappa shape index (κ2) is 6.08. The minimum Gasteiger partial charge on any atom is -0.369 e. The molecule has 0 aliphatic heterocycles. The molecule has 1 aromatic heterocycles. The lowest BCUT2D eigenvalue weighted by Crippen LogP contribution is -2.19. The van der Waals surface area contributed by atoms with Crippen LogP contribution in [0.3, 0.4) is 0 Å². The van der Waals surface area contributed by atoms with Gasteiger partial charge in [0.05, 0.1) is 16.9 Å². The van der Waals surface area contributed by atoms with Crippen molar-refractivity contribution in [2.45, 2.75) is 13.0 Å². The molecule has 4 nitrogen and oxygen atoms in total. The van der Waals surface area contributed by atoms with Crippen molar-refractivity contribution in [1.29, 1.82) is 0 Å². The highest BCUT2D eigenvalue weighted by Gasteiger charge is 2.12.